The molecule has 0 radical (unpaired) electrons. The zero-order valence-corrected chi connectivity index (χ0v) is 13.4. The van der Waals surface area contributed by atoms with Gasteiger partial charge in [0.15, 0.2) is 0 Å². The smallest absolute Gasteiger partial charge is 0.239 e. The number of nitrogens with zero attached hydrogens (tertiary/aromatic N) is 1. The summed E-state index contributed by atoms with van der Waals surface area (Å²) in [6.07, 6.45) is 1.81. The number of nitrogens with one attached hydrogen (secondary N) is 1. The second kappa shape index (κ2) is 6.75. The molecule has 1 N–H and O–H groups in total. The molecule has 0 bridgehead atoms. The fourth-order valence-corrected chi connectivity index (χ4v) is 3.10. The van der Waals surface area contributed by atoms with Crippen LogP contribution in [0.5, 0.6) is 5.75 Å². The van der Waals surface area contributed by atoms with Crippen LogP contribution in [0.3, 0.4) is 0 Å². The molecule has 1 saturated heterocycles. The van der Waals surface area contributed by atoms with Gasteiger partial charge in [0.05, 0.1) is 18.8 Å². The SMILES string of the molecule is C[C@H]1CN(CC(=O)NC2CCOCC2)c2cc(Cl)ccc2O1. The van der Waals surface area contributed by atoms with Crippen LogP contribution in [0.1, 0.15) is 19.8 Å². The van der Waals surface area contributed by atoms with E-state index in [-0.39, 0.29) is 18.1 Å². The van der Waals surface area contributed by atoms with E-state index in [4.69, 9.17) is 21.1 Å². The number of halogens is 1. The summed E-state index contributed by atoms with van der Waals surface area (Å²) in [5.41, 5.74) is 0.882. The van der Waals surface area contributed by atoms with Gasteiger partial charge >= 0.3 is 0 Å². The summed E-state index contributed by atoms with van der Waals surface area (Å²) < 4.78 is 11.1. The van der Waals surface area contributed by atoms with Crippen LogP contribution in [0.25, 0.3) is 0 Å². The number of amides is 1. The number of carbonyl (C=O) groups is 1. The van der Waals surface area contributed by atoms with Crippen LogP contribution in [0.2, 0.25) is 5.02 Å². The number of hydrogen-bond donors (Lipinski definition) is 1. The number of anilines is 1. The van der Waals surface area contributed by atoms with E-state index in [2.05, 4.69) is 5.32 Å². The van der Waals surface area contributed by atoms with Gasteiger partial charge in [-0.1, -0.05) is 11.6 Å². The van der Waals surface area contributed by atoms with Crippen molar-refractivity contribution in [3.05, 3.63) is 23.2 Å². The van der Waals surface area contributed by atoms with Crippen LogP contribution >= 0.6 is 11.6 Å². The highest BCUT2D eigenvalue weighted by Crippen LogP contribution is 2.35. The Kier molecular flexibility index (Phi) is 4.74. The second-order valence-corrected chi connectivity index (χ2v) is 6.31. The van der Waals surface area contributed by atoms with Gasteiger partial charge in [-0.2, -0.15) is 0 Å². The number of rotatable bonds is 3. The normalized spacial score (nSPS) is 21.9. The lowest BCUT2D eigenvalue weighted by Gasteiger charge is -2.35. The molecule has 1 fully saturated rings. The van der Waals surface area contributed by atoms with E-state index < -0.39 is 0 Å². The van der Waals surface area contributed by atoms with Gasteiger partial charge in [-0.25, -0.2) is 0 Å². The molecule has 0 saturated carbocycles. The fraction of sp³-hybridized carbons (Fsp3) is 0.562. The summed E-state index contributed by atoms with van der Waals surface area (Å²) >= 11 is 6.07. The fourth-order valence-electron chi connectivity index (χ4n) is 2.94. The largest absolute Gasteiger partial charge is 0.487 e. The van der Waals surface area contributed by atoms with E-state index in [0.29, 0.717) is 18.1 Å². The molecule has 6 heteroatoms. The molecule has 0 unspecified atom stereocenters. The van der Waals surface area contributed by atoms with Gasteiger partial charge in [0.1, 0.15) is 11.9 Å². The molecular weight excluding hydrogens is 304 g/mol. The molecule has 2 aliphatic heterocycles. The Hall–Kier alpha value is -1.46. The highest BCUT2D eigenvalue weighted by molar-refractivity contribution is 6.31. The monoisotopic (exact) mass is 324 g/mol. The molecular formula is C16H21ClN2O3. The van der Waals surface area contributed by atoms with Crippen molar-refractivity contribution >= 4 is 23.2 Å². The molecule has 120 valence electrons. The zero-order chi connectivity index (χ0) is 15.5. The second-order valence-electron chi connectivity index (χ2n) is 5.88. The molecule has 1 atom stereocenters. The predicted molar refractivity (Wildman–Crippen MR) is 85.7 cm³/mol. The number of ether oxygens (including phenoxy) is 2. The molecule has 2 aliphatic rings. The lowest BCUT2D eigenvalue weighted by atomic mass is 10.1. The summed E-state index contributed by atoms with van der Waals surface area (Å²) in [5.74, 6) is 0.814. The van der Waals surface area contributed by atoms with Crippen LogP contribution in [-0.4, -0.2) is 44.4 Å². The maximum atomic E-state index is 12.3. The molecule has 0 aliphatic carbocycles. The maximum absolute atomic E-state index is 12.3. The molecule has 1 aromatic rings. The van der Waals surface area contributed by atoms with Gasteiger partial charge in [-0.05, 0) is 38.0 Å². The van der Waals surface area contributed by atoms with Crippen molar-refractivity contribution in [2.75, 3.05) is 31.2 Å². The average Bonchev–Trinajstić information content (AvgIpc) is 2.49. The first-order valence-electron chi connectivity index (χ1n) is 7.70. The van der Waals surface area contributed by atoms with Crippen LogP contribution < -0.4 is 15.0 Å². The van der Waals surface area contributed by atoms with E-state index >= 15 is 0 Å². The Morgan fingerprint density at radius 3 is 2.95 bits per heavy atom. The molecule has 1 aromatic carbocycles. The Labute approximate surface area is 135 Å². The summed E-state index contributed by atoms with van der Waals surface area (Å²) in [7, 11) is 0. The predicted octanol–water partition coefficient (Wildman–Crippen LogP) is 2.22. The Morgan fingerprint density at radius 1 is 1.41 bits per heavy atom. The molecule has 5 nitrogen and oxygen atoms in total. The topological polar surface area (TPSA) is 50.8 Å². The van der Waals surface area contributed by atoms with Crippen LogP contribution in [0.4, 0.5) is 5.69 Å². The standard InChI is InChI=1S/C16H21ClN2O3/c1-11-9-19(14-8-12(17)2-3-15(14)22-11)10-16(20)18-13-4-6-21-7-5-13/h2-3,8,11,13H,4-7,9-10H2,1H3,(H,18,20)/t11-/m0/s1. The average molecular weight is 325 g/mol. The van der Waals surface area contributed by atoms with Gasteiger partial charge in [0.25, 0.3) is 0 Å². The van der Waals surface area contributed by atoms with Crippen molar-refractivity contribution in [1.29, 1.82) is 0 Å². The van der Waals surface area contributed by atoms with E-state index in [1.807, 2.05) is 24.0 Å². The van der Waals surface area contributed by atoms with Crippen molar-refractivity contribution in [3.63, 3.8) is 0 Å². The first-order chi connectivity index (χ1) is 10.6. The van der Waals surface area contributed by atoms with Crippen LogP contribution in [-0.2, 0) is 9.53 Å². The van der Waals surface area contributed by atoms with Crippen LogP contribution in [0.15, 0.2) is 18.2 Å². The molecule has 1 amide bonds. The van der Waals surface area contributed by atoms with Gasteiger partial charge in [-0.15, -0.1) is 0 Å². The first kappa shape index (κ1) is 15.4. The van der Waals surface area contributed by atoms with Crippen molar-refractivity contribution in [2.45, 2.75) is 31.9 Å². The summed E-state index contributed by atoms with van der Waals surface area (Å²) in [6, 6.07) is 5.73. The van der Waals surface area contributed by atoms with E-state index in [1.165, 1.54) is 0 Å². The number of fused-ring (bicyclic) bond motifs is 1. The highest BCUT2D eigenvalue weighted by Gasteiger charge is 2.25. The minimum absolute atomic E-state index is 0.0342. The van der Waals surface area contributed by atoms with Gasteiger partial charge in [-0.3, -0.25) is 4.79 Å². The number of carbonyl (C=O) groups excluding carboxylic acids is 1. The summed E-state index contributed by atoms with van der Waals surface area (Å²) in [4.78, 5) is 14.3. The maximum Gasteiger partial charge on any atom is 0.239 e. The quantitative estimate of drug-likeness (QED) is 0.926. The first-order valence-corrected chi connectivity index (χ1v) is 8.08. The third kappa shape index (κ3) is 3.65. The third-order valence-electron chi connectivity index (χ3n) is 3.99. The molecule has 22 heavy (non-hydrogen) atoms. The molecule has 0 spiro atoms. The minimum atomic E-state index is 0.0342. The molecule has 2 heterocycles. The van der Waals surface area contributed by atoms with Gasteiger partial charge in [0, 0.05) is 24.3 Å². The van der Waals surface area contributed by atoms with E-state index in [1.54, 1.807) is 6.07 Å². The number of benzene rings is 1. The van der Waals surface area contributed by atoms with Gasteiger partial charge in [0.2, 0.25) is 5.91 Å². The highest BCUT2D eigenvalue weighted by atomic mass is 35.5. The van der Waals surface area contributed by atoms with Crippen LogP contribution in [0, 0.1) is 0 Å². The Bertz CT molecular complexity index is 546. The molecule has 0 aromatic heterocycles. The lowest BCUT2D eigenvalue weighted by Crippen LogP contribution is -2.47. The third-order valence-corrected chi connectivity index (χ3v) is 4.22. The van der Waals surface area contributed by atoms with Crippen molar-refractivity contribution in [1.82, 2.24) is 5.32 Å². The summed E-state index contributed by atoms with van der Waals surface area (Å²) in [5, 5.41) is 3.74. The minimum Gasteiger partial charge on any atom is -0.487 e. The van der Waals surface area contributed by atoms with E-state index in [9.17, 15) is 4.79 Å². The lowest BCUT2D eigenvalue weighted by molar-refractivity contribution is -0.121. The van der Waals surface area contributed by atoms with Crippen molar-refractivity contribution in [3.8, 4) is 5.75 Å². The van der Waals surface area contributed by atoms with Crippen molar-refractivity contribution in [2.24, 2.45) is 0 Å². The zero-order valence-electron chi connectivity index (χ0n) is 12.7. The molecule has 3 rings (SSSR count). The van der Waals surface area contributed by atoms with Crippen molar-refractivity contribution < 1.29 is 14.3 Å². The number of hydrogen-bond acceptors (Lipinski definition) is 4. The Morgan fingerprint density at radius 2 is 2.18 bits per heavy atom. The van der Waals surface area contributed by atoms with Gasteiger partial charge < -0.3 is 19.7 Å². The summed E-state index contributed by atoms with van der Waals surface area (Å²) in [6.45, 7) is 4.43. The Balaban J connectivity index is 1.66. The van der Waals surface area contributed by atoms with E-state index in [0.717, 1.165) is 37.5 Å².